The number of tetrazole rings is 1. The molecule has 0 saturated heterocycles. The minimum atomic E-state index is -0.311. The van der Waals surface area contributed by atoms with Crippen LogP contribution in [0.15, 0.2) is 40.9 Å². The Morgan fingerprint density at radius 1 is 1.36 bits per heavy atom. The van der Waals surface area contributed by atoms with Gasteiger partial charge >= 0.3 is 0 Å². The van der Waals surface area contributed by atoms with E-state index in [9.17, 15) is 4.79 Å². The molecule has 0 spiro atoms. The molecule has 3 rings (SSSR count). The molecule has 0 fully saturated rings. The highest BCUT2D eigenvalue weighted by Crippen LogP contribution is 2.24. The second-order valence-corrected chi connectivity index (χ2v) is 8.11. The van der Waals surface area contributed by atoms with Crippen molar-refractivity contribution in [1.29, 1.82) is 0 Å². The van der Waals surface area contributed by atoms with Gasteiger partial charge in [0.2, 0.25) is 11.1 Å². The number of nitrogens with one attached hydrogen (secondary N) is 1. The van der Waals surface area contributed by atoms with Crippen LogP contribution in [0.3, 0.4) is 0 Å². The summed E-state index contributed by atoms with van der Waals surface area (Å²) in [5.74, 6) is -0.0670. The lowest BCUT2D eigenvalue weighted by Crippen LogP contribution is -2.23. The van der Waals surface area contributed by atoms with Gasteiger partial charge in [0, 0.05) is 10.6 Å². The number of benzene rings is 1. The van der Waals surface area contributed by atoms with Crippen LogP contribution in [0.2, 0.25) is 0 Å². The summed E-state index contributed by atoms with van der Waals surface area (Å²) in [6.45, 7) is 6.48. The summed E-state index contributed by atoms with van der Waals surface area (Å²) in [7, 11) is 0. The fourth-order valence-corrected chi connectivity index (χ4v) is 3.80. The number of thioether (sulfide) groups is 1. The van der Waals surface area contributed by atoms with E-state index in [2.05, 4.69) is 26.9 Å². The molecule has 1 atom stereocenters. The number of hydrogen-bond donors (Lipinski definition) is 1. The number of hydrogen-bond acceptors (Lipinski definition) is 6. The maximum atomic E-state index is 12.5. The number of carbonyl (C=O) groups excluding carboxylic acids is 1. The van der Waals surface area contributed by atoms with Crippen molar-refractivity contribution in [2.75, 3.05) is 5.32 Å². The SMILES string of the molecule is Cc1ccc(NC(=O)C(C)Sc2nnnn2Cc2cccs2)c(C)c1. The fraction of sp³-hybridized carbons (Fsp3) is 0.294. The molecule has 0 radical (unpaired) electrons. The Kier molecular flexibility index (Phi) is 5.50. The maximum Gasteiger partial charge on any atom is 0.237 e. The smallest absolute Gasteiger partial charge is 0.237 e. The largest absolute Gasteiger partial charge is 0.325 e. The van der Waals surface area contributed by atoms with Gasteiger partial charge in [-0.05, 0) is 54.3 Å². The third kappa shape index (κ3) is 4.46. The molecule has 0 bridgehead atoms. The second-order valence-electron chi connectivity index (χ2n) is 5.77. The van der Waals surface area contributed by atoms with Gasteiger partial charge in [-0.2, -0.15) is 0 Å². The summed E-state index contributed by atoms with van der Waals surface area (Å²) >= 11 is 3.01. The zero-order valence-electron chi connectivity index (χ0n) is 14.3. The second kappa shape index (κ2) is 7.79. The number of carbonyl (C=O) groups is 1. The zero-order chi connectivity index (χ0) is 17.8. The first-order valence-corrected chi connectivity index (χ1v) is 9.62. The molecule has 130 valence electrons. The Morgan fingerprint density at radius 3 is 2.92 bits per heavy atom. The maximum absolute atomic E-state index is 12.5. The van der Waals surface area contributed by atoms with Crippen molar-refractivity contribution in [3.05, 3.63) is 51.7 Å². The third-order valence-corrected chi connectivity index (χ3v) is 5.61. The van der Waals surface area contributed by atoms with E-state index in [0.29, 0.717) is 11.7 Å². The molecular weight excluding hydrogens is 354 g/mol. The molecule has 1 amide bonds. The van der Waals surface area contributed by atoms with Crippen LogP contribution in [-0.2, 0) is 11.3 Å². The number of anilines is 1. The monoisotopic (exact) mass is 373 g/mol. The van der Waals surface area contributed by atoms with Crippen LogP contribution in [0.25, 0.3) is 0 Å². The van der Waals surface area contributed by atoms with Gasteiger partial charge in [0.25, 0.3) is 0 Å². The third-order valence-electron chi connectivity index (χ3n) is 3.68. The average molecular weight is 374 g/mol. The summed E-state index contributed by atoms with van der Waals surface area (Å²) in [5.41, 5.74) is 3.06. The van der Waals surface area contributed by atoms with E-state index in [1.807, 2.05) is 50.4 Å². The number of thiophene rings is 1. The standard InChI is InChI=1S/C17H19N5OS2/c1-11-6-7-15(12(2)9-11)18-16(23)13(3)25-17-19-20-21-22(17)10-14-5-4-8-24-14/h4-9,13H,10H2,1-3H3,(H,18,23). The Bertz CT molecular complexity index is 860. The van der Waals surface area contributed by atoms with E-state index >= 15 is 0 Å². The lowest BCUT2D eigenvalue weighted by molar-refractivity contribution is -0.115. The number of aromatic nitrogens is 4. The molecule has 2 heterocycles. The summed E-state index contributed by atoms with van der Waals surface area (Å²) in [6.07, 6.45) is 0. The molecule has 0 aliphatic rings. The molecule has 25 heavy (non-hydrogen) atoms. The first-order chi connectivity index (χ1) is 12.0. The van der Waals surface area contributed by atoms with Crippen LogP contribution in [0.5, 0.6) is 0 Å². The molecule has 1 N–H and O–H groups in total. The Labute approximate surface area is 154 Å². The number of amides is 1. The molecule has 0 aliphatic heterocycles. The predicted molar refractivity (Wildman–Crippen MR) is 101 cm³/mol. The summed E-state index contributed by atoms with van der Waals surface area (Å²) < 4.78 is 1.72. The van der Waals surface area contributed by atoms with Crippen LogP contribution in [-0.4, -0.2) is 31.4 Å². The minimum Gasteiger partial charge on any atom is -0.325 e. The summed E-state index contributed by atoms with van der Waals surface area (Å²) in [6, 6.07) is 10.0. The van der Waals surface area contributed by atoms with E-state index in [1.54, 1.807) is 16.0 Å². The lowest BCUT2D eigenvalue weighted by atomic mass is 10.1. The molecule has 0 aliphatic carbocycles. The van der Waals surface area contributed by atoms with Crippen molar-refractivity contribution in [2.45, 2.75) is 37.7 Å². The van der Waals surface area contributed by atoms with Gasteiger partial charge in [0.1, 0.15) is 0 Å². The lowest BCUT2D eigenvalue weighted by Gasteiger charge is -2.13. The van der Waals surface area contributed by atoms with Gasteiger partial charge in [-0.3, -0.25) is 4.79 Å². The van der Waals surface area contributed by atoms with Gasteiger partial charge in [0.05, 0.1) is 11.8 Å². The predicted octanol–water partition coefficient (Wildman–Crippen LogP) is 3.52. The molecular formula is C17H19N5OS2. The highest BCUT2D eigenvalue weighted by molar-refractivity contribution is 8.00. The van der Waals surface area contributed by atoms with E-state index in [-0.39, 0.29) is 11.2 Å². The van der Waals surface area contributed by atoms with Gasteiger partial charge in [-0.15, -0.1) is 16.4 Å². The first kappa shape index (κ1) is 17.6. The van der Waals surface area contributed by atoms with Crippen molar-refractivity contribution in [2.24, 2.45) is 0 Å². The van der Waals surface area contributed by atoms with Gasteiger partial charge in [-0.1, -0.05) is 35.5 Å². The molecule has 6 nitrogen and oxygen atoms in total. The van der Waals surface area contributed by atoms with Crippen molar-refractivity contribution in [3.63, 3.8) is 0 Å². The van der Waals surface area contributed by atoms with E-state index in [4.69, 9.17) is 0 Å². The highest BCUT2D eigenvalue weighted by atomic mass is 32.2. The number of nitrogens with zero attached hydrogens (tertiary/aromatic N) is 4. The van der Waals surface area contributed by atoms with E-state index < -0.39 is 0 Å². The highest BCUT2D eigenvalue weighted by Gasteiger charge is 2.19. The zero-order valence-corrected chi connectivity index (χ0v) is 15.9. The Morgan fingerprint density at radius 2 is 2.20 bits per heavy atom. The number of rotatable bonds is 6. The normalized spacial score (nSPS) is 12.1. The summed E-state index contributed by atoms with van der Waals surface area (Å²) in [5, 5.41) is 17.1. The van der Waals surface area contributed by atoms with Crippen molar-refractivity contribution < 1.29 is 4.79 Å². The molecule has 0 saturated carbocycles. The van der Waals surface area contributed by atoms with Crippen molar-refractivity contribution in [3.8, 4) is 0 Å². The molecule has 1 aromatic carbocycles. The van der Waals surface area contributed by atoms with Crippen LogP contribution in [0, 0.1) is 13.8 Å². The Balaban J connectivity index is 1.65. The van der Waals surface area contributed by atoms with E-state index in [0.717, 1.165) is 11.3 Å². The Hall–Kier alpha value is -2.19. The van der Waals surface area contributed by atoms with Crippen LogP contribution < -0.4 is 5.32 Å². The average Bonchev–Trinajstić information content (AvgIpc) is 3.23. The minimum absolute atomic E-state index is 0.0670. The van der Waals surface area contributed by atoms with Crippen molar-refractivity contribution >= 4 is 34.7 Å². The van der Waals surface area contributed by atoms with Gasteiger partial charge < -0.3 is 5.32 Å². The first-order valence-electron chi connectivity index (χ1n) is 7.86. The quantitative estimate of drug-likeness (QED) is 0.669. The van der Waals surface area contributed by atoms with Crippen LogP contribution in [0.1, 0.15) is 22.9 Å². The fourth-order valence-electron chi connectivity index (χ4n) is 2.33. The van der Waals surface area contributed by atoms with E-state index in [1.165, 1.54) is 22.2 Å². The molecule has 2 aromatic heterocycles. The van der Waals surface area contributed by atoms with Crippen LogP contribution in [0.4, 0.5) is 5.69 Å². The molecule has 8 heteroatoms. The topological polar surface area (TPSA) is 72.7 Å². The van der Waals surface area contributed by atoms with Crippen molar-refractivity contribution in [1.82, 2.24) is 20.2 Å². The summed E-state index contributed by atoms with van der Waals surface area (Å²) in [4.78, 5) is 13.7. The van der Waals surface area contributed by atoms with Crippen LogP contribution >= 0.6 is 23.1 Å². The molecule has 3 aromatic rings. The molecule has 1 unspecified atom stereocenters. The number of aryl methyl sites for hydroxylation is 2. The van der Waals surface area contributed by atoms with Gasteiger partial charge in [0.15, 0.2) is 0 Å². The van der Waals surface area contributed by atoms with Gasteiger partial charge in [-0.25, -0.2) is 4.68 Å².